The molecule has 1 saturated heterocycles. The van der Waals surface area contributed by atoms with E-state index < -0.39 is 0 Å². The maximum Gasteiger partial charge on any atom is 0.332 e. The lowest BCUT2D eigenvalue weighted by molar-refractivity contribution is 0.198. The van der Waals surface area contributed by atoms with Gasteiger partial charge in [0.1, 0.15) is 5.65 Å². The van der Waals surface area contributed by atoms with E-state index in [1.54, 1.807) is 4.57 Å². The molecular weight excluding hydrogens is 414 g/mol. The second-order valence-electron chi connectivity index (χ2n) is 8.76. The van der Waals surface area contributed by atoms with Crippen LogP contribution >= 0.6 is 0 Å². The molecule has 7 nitrogen and oxygen atoms in total. The van der Waals surface area contributed by atoms with E-state index in [0.717, 1.165) is 43.7 Å². The highest BCUT2D eigenvalue weighted by Crippen LogP contribution is 2.27. The number of fused-ring (bicyclic) bond motifs is 1. The Morgan fingerprint density at radius 1 is 0.939 bits per heavy atom. The van der Waals surface area contributed by atoms with Crippen LogP contribution in [0.3, 0.4) is 0 Å². The third kappa shape index (κ3) is 4.36. The smallest absolute Gasteiger partial charge is 0.298 e. The van der Waals surface area contributed by atoms with Gasteiger partial charge in [0.05, 0.1) is 11.9 Å². The zero-order chi connectivity index (χ0) is 22.8. The average molecular weight is 442 g/mol. The van der Waals surface area contributed by atoms with Crippen molar-refractivity contribution in [3.05, 3.63) is 105 Å². The van der Waals surface area contributed by atoms with Crippen molar-refractivity contribution < 1.29 is 0 Å². The molecule has 0 amide bonds. The van der Waals surface area contributed by atoms with Crippen molar-refractivity contribution in [3.63, 3.8) is 0 Å². The average Bonchev–Trinajstić information content (AvgIpc) is 2.86. The van der Waals surface area contributed by atoms with Crippen LogP contribution in [0, 0.1) is 0 Å². The van der Waals surface area contributed by atoms with Crippen LogP contribution in [0.2, 0.25) is 0 Å². The monoisotopic (exact) mass is 441 g/mol. The van der Waals surface area contributed by atoms with Gasteiger partial charge in [-0.2, -0.15) is 0 Å². The van der Waals surface area contributed by atoms with Gasteiger partial charge in [0.15, 0.2) is 0 Å². The molecule has 5 rings (SSSR count). The van der Waals surface area contributed by atoms with Gasteiger partial charge >= 0.3 is 5.69 Å². The quantitative estimate of drug-likeness (QED) is 0.476. The van der Waals surface area contributed by atoms with Crippen LogP contribution in [-0.2, 0) is 20.1 Å². The minimum absolute atomic E-state index is 0.259. The number of aromatic nitrogens is 4. The highest BCUT2D eigenvalue weighted by molar-refractivity contribution is 5.74. The summed E-state index contributed by atoms with van der Waals surface area (Å²) in [4.78, 5) is 37.3. The fourth-order valence-electron chi connectivity index (χ4n) is 4.70. The van der Waals surface area contributed by atoms with E-state index in [2.05, 4.69) is 22.0 Å². The molecule has 1 fully saturated rings. The Kier molecular flexibility index (Phi) is 5.88. The predicted molar refractivity (Wildman–Crippen MR) is 128 cm³/mol. The van der Waals surface area contributed by atoms with Crippen molar-refractivity contribution in [2.24, 2.45) is 7.05 Å². The van der Waals surface area contributed by atoms with Crippen molar-refractivity contribution in [1.82, 2.24) is 24.0 Å². The first kappa shape index (κ1) is 21.3. The van der Waals surface area contributed by atoms with Crippen LogP contribution in [0.1, 0.15) is 35.6 Å². The van der Waals surface area contributed by atoms with E-state index in [1.807, 2.05) is 54.9 Å². The lowest BCUT2D eigenvalue weighted by Gasteiger charge is -2.32. The molecule has 1 atom stereocenters. The van der Waals surface area contributed by atoms with E-state index in [1.165, 1.54) is 17.2 Å². The molecule has 0 saturated carbocycles. The van der Waals surface area contributed by atoms with E-state index in [0.29, 0.717) is 17.6 Å². The van der Waals surface area contributed by atoms with Gasteiger partial charge < -0.3 is 0 Å². The zero-order valence-corrected chi connectivity index (χ0v) is 18.7. The molecule has 0 N–H and O–H groups in total. The minimum Gasteiger partial charge on any atom is -0.298 e. The Hall–Kier alpha value is -3.58. The summed E-state index contributed by atoms with van der Waals surface area (Å²) in [6, 6.07) is 17.7. The number of hydrogen-bond acceptors (Lipinski definition) is 5. The number of hydrogen-bond donors (Lipinski definition) is 0. The number of pyridine rings is 2. The van der Waals surface area contributed by atoms with E-state index >= 15 is 0 Å². The molecule has 1 aliphatic rings. The van der Waals surface area contributed by atoms with Gasteiger partial charge in [-0.05, 0) is 54.8 Å². The molecule has 7 heteroatoms. The molecule has 1 aliphatic heterocycles. The van der Waals surface area contributed by atoms with Gasteiger partial charge in [-0.1, -0.05) is 30.3 Å². The summed E-state index contributed by atoms with van der Waals surface area (Å²) in [5, 5.41) is 0.473. The van der Waals surface area contributed by atoms with Gasteiger partial charge in [-0.3, -0.25) is 23.8 Å². The van der Waals surface area contributed by atoms with E-state index in [9.17, 15) is 9.59 Å². The maximum absolute atomic E-state index is 13.0. The highest BCUT2D eigenvalue weighted by Gasteiger charge is 2.24. The zero-order valence-electron chi connectivity index (χ0n) is 18.7. The Morgan fingerprint density at radius 2 is 1.70 bits per heavy atom. The summed E-state index contributed by atoms with van der Waals surface area (Å²) < 4.78 is 2.79. The maximum atomic E-state index is 13.0. The SMILES string of the molecule is Cn1c(=O)c2ccc([C@H]3CCCN(Cc4ccncc4)C3)nc2n(Cc2ccccc2)c1=O. The molecular formula is C26H27N5O2. The summed E-state index contributed by atoms with van der Waals surface area (Å²) >= 11 is 0. The van der Waals surface area contributed by atoms with Gasteiger partial charge in [-0.15, -0.1) is 0 Å². The molecule has 3 aromatic heterocycles. The van der Waals surface area contributed by atoms with E-state index in [-0.39, 0.29) is 17.2 Å². The fraction of sp³-hybridized carbons (Fsp3) is 0.308. The molecule has 168 valence electrons. The molecule has 4 aromatic rings. The number of likely N-dealkylation sites (tertiary alicyclic amines) is 1. The minimum atomic E-state index is -0.344. The van der Waals surface area contributed by atoms with Crippen LogP contribution in [0.4, 0.5) is 0 Å². The van der Waals surface area contributed by atoms with Gasteiger partial charge in [-0.25, -0.2) is 9.78 Å². The topological polar surface area (TPSA) is 73.0 Å². The van der Waals surface area contributed by atoms with Crippen LogP contribution < -0.4 is 11.2 Å². The number of rotatable bonds is 5. The van der Waals surface area contributed by atoms with Crippen LogP contribution in [0.5, 0.6) is 0 Å². The molecule has 0 spiro atoms. The van der Waals surface area contributed by atoms with Crippen molar-refractivity contribution >= 4 is 11.0 Å². The predicted octanol–water partition coefficient (Wildman–Crippen LogP) is 2.92. The molecule has 4 heterocycles. The largest absolute Gasteiger partial charge is 0.332 e. The Labute approximate surface area is 192 Å². The standard InChI is InChI=1S/C26H27N5O2/c1-29-25(32)22-9-10-23(21-8-5-15-30(18-21)16-20-11-13-27-14-12-20)28-24(22)31(26(29)33)17-19-6-3-2-4-7-19/h2-4,6-7,9-14,21H,5,8,15-18H2,1H3/t21-/m0/s1. The third-order valence-electron chi connectivity index (χ3n) is 6.47. The Bertz CT molecular complexity index is 1380. The number of piperidine rings is 1. The normalized spacial score (nSPS) is 16.8. The Morgan fingerprint density at radius 3 is 2.48 bits per heavy atom. The lowest BCUT2D eigenvalue weighted by Crippen LogP contribution is -2.39. The molecule has 0 bridgehead atoms. The summed E-state index contributed by atoms with van der Waals surface area (Å²) in [6.07, 6.45) is 5.78. The van der Waals surface area contributed by atoms with Crippen LogP contribution in [0.25, 0.3) is 11.0 Å². The van der Waals surface area contributed by atoms with Crippen LogP contribution in [0.15, 0.2) is 76.6 Å². The van der Waals surface area contributed by atoms with Gasteiger partial charge in [0.25, 0.3) is 5.56 Å². The van der Waals surface area contributed by atoms with Gasteiger partial charge in [0.2, 0.25) is 0 Å². The molecule has 33 heavy (non-hydrogen) atoms. The summed E-state index contributed by atoms with van der Waals surface area (Å²) in [6.45, 7) is 3.20. The third-order valence-corrected chi connectivity index (χ3v) is 6.47. The highest BCUT2D eigenvalue weighted by atomic mass is 16.2. The van der Waals surface area contributed by atoms with Crippen molar-refractivity contribution in [2.75, 3.05) is 13.1 Å². The van der Waals surface area contributed by atoms with Gasteiger partial charge in [0, 0.05) is 44.1 Å². The second kappa shape index (κ2) is 9.11. The Balaban J connectivity index is 1.50. The first-order chi connectivity index (χ1) is 16.1. The number of nitrogens with zero attached hydrogens (tertiary/aromatic N) is 5. The second-order valence-corrected chi connectivity index (χ2v) is 8.76. The first-order valence-corrected chi connectivity index (χ1v) is 11.4. The summed E-state index contributed by atoms with van der Waals surface area (Å²) in [7, 11) is 1.53. The van der Waals surface area contributed by atoms with Crippen molar-refractivity contribution in [2.45, 2.75) is 31.8 Å². The van der Waals surface area contributed by atoms with Crippen molar-refractivity contribution in [1.29, 1.82) is 0 Å². The molecule has 0 aliphatic carbocycles. The lowest BCUT2D eigenvalue weighted by atomic mass is 9.93. The summed E-state index contributed by atoms with van der Waals surface area (Å²) in [5.74, 6) is 0.259. The number of benzene rings is 1. The fourth-order valence-corrected chi connectivity index (χ4v) is 4.70. The molecule has 1 aromatic carbocycles. The molecule has 0 unspecified atom stereocenters. The van der Waals surface area contributed by atoms with Crippen molar-refractivity contribution in [3.8, 4) is 0 Å². The first-order valence-electron chi connectivity index (χ1n) is 11.4. The van der Waals surface area contributed by atoms with Crippen LogP contribution in [-0.4, -0.2) is 37.1 Å². The van der Waals surface area contributed by atoms with E-state index in [4.69, 9.17) is 4.98 Å². The summed E-state index contributed by atoms with van der Waals surface area (Å²) in [5.41, 5.74) is 3.00. The molecule has 0 radical (unpaired) electrons.